The highest BCUT2D eigenvalue weighted by atomic mass is 32.1. The van der Waals surface area contributed by atoms with Crippen LogP contribution in [0.25, 0.3) is 0 Å². The highest BCUT2D eigenvalue weighted by Gasteiger charge is 2.35. The second-order valence-electron chi connectivity index (χ2n) is 6.70. The Bertz CT molecular complexity index is 863. The normalized spacial score (nSPS) is 16.0. The Labute approximate surface area is 179 Å². The average molecular weight is 435 g/mol. The molecule has 9 heteroatoms. The van der Waals surface area contributed by atoms with E-state index in [1.165, 1.54) is 4.90 Å². The van der Waals surface area contributed by atoms with Gasteiger partial charge in [0.05, 0.1) is 23.2 Å². The highest BCUT2D eigenvalue weighted by molar-refractivity contribution is 7.12. The Balaban J connectivity index is 1.83. The lowest BCUT2D eigenvalue weighted by molar-refractivity contribution is -0.133. The molecule has 1 N–H and O–H groups in total. The van der Waals surface area contributed by atoms with E-state index in [0.717, 1.165) is 21.0 Å². The van der Waals surface area contributed by atoms with Gasteiger partial charge in [-0.2, -0.15) is 5.10 Å². The third-order valence-electron chi connectivity index (χ3n) is 4.68. The predicted octanol–water partition coefficient (Wildman–Crippen LogP) is 3.47. The molecule has 156 valence electrons. The third kappa shape index (κ3) is 5.04. The molecule has 0 aliphatic carbocycles. The van der Waals surface area contributed by atoms with Crippen molar-refractivity contribution >= 4 is 40.3 Å². The van der Waals surface area contributed by atoms with Crippen molar-refractivity contribution in [3.05, 3.63) is 44.3 Å². The molecule has 7 nitrogen and oxygen atoms in total. The first-order valence-corrected chi connectivity index (χ1v) is 11.3. The first-order valence-electron chi connectivity index (χ1n) is 9.54. The van der Waals surface area contributed by atoms with E-state index in [0.29, 0.717) is 26.1 Å². The van der Waals surface area contributed by atoms with Gasteiger partial charge in [0.15, 0.2) is 0 Å². The first kappa shape index (κ1) is 21.5. The molecular formula is C20H26N4O3S2. The number of urea groups is 1. The average Bonchev–Trinajstić information content (AvgIpc) is 3.44. The molecule has 1 aliphatic rings. The Kier molecular flexibility index (Phi) is 7.40. The fourth-order valence-corrected chi connectivity index (χ4v) is 4.95. The maximum Gasteiger partial charge on any atom is 0.317 e. The van der Waals surface area contributed by atoms with Gasteiger partial charge >= 0.3 is 6.03 Å². The van der Waals surface area contributed by atoms with Crippen LogP contribution in [-0.2, 0) is 9.53 Å². The van der Waals surface area contributed by atoms with Crippen molar-refractivity contribution in [1.29, 1.82) is 0 Å². The van der Waals surface area contributed by atoms with Gasteiger partial charge in [-0.25, -0.2) is 9.80 Å². The predicted molar refractivity (Wildman–Crippen MR) is 117 cm³/mol. The van der Waals surface area contributed by atoms with Gasteiger partial charge < -0.3 is 15.0 Å². The van der Waals surface area contributed by atoms with Crippen LogP contribution in [0.3, 0.4) is 0 Å². The van der Waals surface area contributed by atoms with Gasteiger partial charge in [-0.15, -0.1) is 22.7 Å². The summed E-state index contributed by atoms with van der Waals surface area (Å²) in [6.07, 6.45) is 0.673. The molecule has 29 heavy (non-hydrogen) atoms. The van der Waals surface area contributed by atoms with Crippen molar-refractivity contribution < 1.29 is 14.3 Å². The monoisotopic (exact) mass is 434 g/mol. The molecule has 0 saturated carbocycles. The summed E-state index contributed by atoms with van der Waals surface area (Å²) in [7, 11) is 1.57. The molecular weight excluding hydrogens is 408 g/mol. The SMILES string of the molecule is CCNC(=O)N(CCOC)CC(=O)N1N=C(c2cccs2)C[C@H]1c1sccc1C. The number of hydrazone groups is 1. The number of hydrogen-bond acceptors (Lipinski definition) is 6. The van der Waals surface area contributed by atoms with E-state index in [2.05, 4.69) is 23.4 Å². The van der Waals surface area contributed by atoms with E-state index >= 15 is 0 Å². The van der Waals surface area contributed by atoms with E-state index in [1.54, 1.807) is 34.8 Å². The fraction of sp³-hybridized carbons (Fsp3) is 0.450. The van der Waals surface area contributed by atoms with Crippen LogP contribution >= 0.6 is 22.7 Å². The molecule has 0 aromatic carbocycles. The van der Waals surface area contributed by atoms with Crippen LogP contribution in [0.15, 0.2) is 34.1 Å². The summed E-state index contributed by atoms with van der Waals surface area (Å²) in [6, 6.07) is 5.65. The molecule has 1 atom stereocenters. The van der Waals surface area contributed by atoms with Crippen molar-refractivity contribution in [3.8, 4) is 0 Å². The number of ether oxygens (including phenoxy) is 1. The molecule has 2 aromatic heterocycles. The van der Waals surface area contributed by atoms with Crippen molar-refractivity contribution in [3.63, 3.8) is 0 Å². The number of nitrogens with one attached hydrogen (secondary N) is 1. The molecule has 2 aromatic rings. The topological polar surface area (TPSA) is 74.2 Å². The summed E-state index contributed by atoms with van der Waals surface area (Å²) in [4.78, 5) is 29.3. The van der Waals surface area contributed by atoms with Gasteiger partial charge in [0.2, 0.25) is 0 Å². The standard InChI is InChI=1S/C20H26N4O3S2/c1-4-21-20(26)23(8-9-27-3)13-18(25)24-16(19-14(2)7-11-29-19)12-15(22-24)17-6-5-10-28-17/h5-7,10-11,16H,4,8-9,12-13H2,1-3H3,(H,21,26)/t16-/m0/s1. The van der Waals surface area contributed by atoms with Crippen LogP contribution in [0.2, 0.25) is 0 Å². The summed E-state index contributed by atoms with van der Waals surface area (Å²) >= 11 is 3.26. The third-order valence-corrected chi connectivity index (χ3v) is 6.72. The molecule has 3 amide bonds. The lowest BCUT2D eigenvalue weighted by Gasteiger charge is -2.26. The number of nitrogens with zero attached hydrogens (tertiary/aromatic N) is 3. The summed E-state index contributed by atoms with van der Waals surface area (Å²) < 4.78 is 5.10. The van der Waals surface area contributed by atoms with Gasteiger partial charge in [0.1, 0.15) is 6.54 Å². The number of aryl methyl sites for hydroxylation is 1. The number of hydrogen-bond donors (Lipinski definition) is 1. The van der Waals surface area contributed by atoms with Crippen LogP contribution in [0.4, 0.5) is 4.79 Å². The zero-order valence-corrected chi connectivity index (χ0v) is 18.5. The quantitative estimate of drug-likeness (QED) is 0.691. The highest BCUT2D eigenvalue weighted by Crippen LogP contribution is 2.37. The lowest BCUT2D eigenvalue weighted by Crippen LogP contribution is -2.47. The van der Waals surface area contributed by atoms with E-state index in [1.807, 2.05) is 29.8 Å². The van der Waals surface area contributed by atoms with Crippen LogP contribution in [-0.4, -0.2) is 60.9 Å². The lowest BCUT2D eigenvalue weighted by atomic mass is 10.1. The molecule has 3 rings (SSSR count). The van der Waals surface area contributed by atoms with Crippen molar-refractivity contribution in [1.82, 2.24) is 15.2 Å². The minimum atomic E-state index is -0.275. The molecule has 3 heterocycles. The number of amides is 3. The molecule has 1 aliphatic heterocycles. The molecule has 0 fully saturated rings. The Morgan fingerprint density at radius 1 is 1.34 bits per heavy atom. The van der Waals surface area contributed by atoms with Crippen LogP contribution in [0.5, 0.6) is 0 Å². The second kappa shape index (κ2) is 10.00. The van der Waals surface area contributed by atoms with Gasteiger partial charge in [-0.05, 0) is 42.3 Å². The van der Waals surface area contributed by atoms with E-state index < -0.39 is 0 Å². The fourth-order valence-electron chi connectivity index (χ4n) is 3.21. The van der Waals surface area contributed by atoms with Crippen LogP contribution in [0, 0.1) is 6.92 Å². The number of thiophene rings is 2. The van der Waals surface area contributed by atoms with E-state index in [9.17, 15) is 9.59 Å². The summed E-state index contributed by atoms with van der Waals surface area (Å²) in [5, 5.41) is 13.0. The van der Waals surface area contributed by atoms with Gasteiger partial charge in [0.25, 0.3) is 5.91 Å². The van der Waals surface area contributed by atoms with Crippen molar-refractivity contribution in [2.75, 3.05) is 33.4 Å². The minimum Gasteiger partial charge on any atom is -0.383 e. The van der Waals surface area contributed by atoms with E-state index in [4.69, 9.17) is 4.74 Å². The molecule has 0 saturated heterocycles. The number of carbonyl (C=O) groups is 2. The molecule has 0 bridgehead atoms. The maximum absolute atomic E-state index is 13.2. The minimum absolute atomic E-state index is 0.0443. The smallest absolute Gasteiger partial charge is 0.317 e. The van der Waals surface area contributed by atoms with Gasteiger partial charge in [0, 0.05) is 31.5 Å². The van der Waals surface area contributed by atoms with E-state index in [-0.39, 0.29) is 24.5 Å². The number of rotatable bonds is 8. The summed E-state index contributed by atoms with van der Waals surface area (Å²) in [5.41, 5.74) is 2.06. The maximum atomic E-state index is 13.2. The molecule has 0 spiro atoms. The summed E-state index contributed by atoms with van der Waals surface area (Å²) in [5.74, 6) is -0.197. The first-order chi connectivity index (χ1) is 14.0. The van der Waals surface area contributed by atoms with Crippen LogP contribution in [0.1, 0.15) is 34.7 Å². The van der Waals surface area contributed by atoms with Gasteiger partial charge in [-0.3, -0.25) is 4.79 Å². The van der Waals surface area contributed by atoms with Gasteiger partial charge in [-0.1, -0.05) is 6.07 Å². The molecule has 0 unspecified atom stereocenters. The largest absolute Gasteiger partial charge is 0.383 e. The molecule has 0 radical (unpaired) electrons. The van der Waals surface area contributed by atoms with Crippen LogP contribution < -0.4 is 5.32 Å². The van der Waals surface area contributed by atoms with Crippen molar-refractivity contribution in [2.45, 2.75) is 26.3 Å². The second-order valence-corrected chi connectivity index (χ2v) is 8.60. The van der Waals surface area contributed by atoms with Crippen molar-refractivity contribution in [2.24, 2.45) is 5.10 Å². The number of methoxy groups -OCH3 is 1. The Morgan fingerprint density at radius 3 is 2.79 bits per heavy atom. The Morgan fingerprint density at radius 2 is 2.17 bits per heavy atom. The summed E-state index contributed by atoms with van der Waals surface area (Å²) in [6.45, 7) is 5.06. The zero-order valence-electron chi connectivity index (χ0n) is 16.9. The number of carbonyl (C=O) groups excluding carboxylic acids is 2. The Hall–Kier alpha value is -2.23. The zero-order chi connectivity index (χ0) is 20.8.